The van der Waals surface area contributed by atoms with E-state index in [4.69, 9.17) is 0 Å². The number of hydrogen-bond donors (Lipinski definition) is 2. The zero-order valence-electron chi connectivity index (χ0n) is 11.7. The van der Waals surface area contributed by atoms with Gasteiger partial charge in [0.1, 0.15) is 0 Å². The number of anilines is 2. The molecule has 0 radical (unpaired) electrons. The highest BCUT2D eigenvalue weighted by atomic mass is 79.9. The molecule has 1 saturated carbocycles. The predicted octanol–water partition coefficient (Wildman–Crippen LogP) is 5.03. The van der Waals surface area contributed by atoms with Crippen molar-refractivity contribution in [1.82, 2.24) is 0 Å². The molecule has 1 amide bonds. The Balaban J connectivity index is 1.59. The molecule has 0 saturated heterocycles. The maximum absolute atomic E-state index is 11.7. The van der Waals surface area contributed by atoms with Crippen LogP contribution >= 0.6 is 27.3 Å². The Labute approximate surface area is 136 Å². The van der Waals surface area contributed by atoms with Gasteiger partial charge in [0.05, 0.1) is 9.83 Å². The van der Waals surface area contributed by atoms with Gasteiger partial charge < -0.3 is 10.6 Å². The van der Waals surface area contributed by atoms with Crippen molar-refractivity contribution < 1.29 is 4.79 Å². The smallest absolute Gasteiger partial charge is 0.227 e. The second-order valence-corrected chi connectivity index (χ2v) is 7.84. The van der Waals surface area contributed by atoms with Gasteiger partial charge in [0.2, 0.25) is 5.91 Å². The van der Waals surface area contributed by atoms with E-state index in [9.17, 15) is 4.79 Å². The molecular weight excluding hydrogens is 348 g/mol. The zero-order chi connectivity index (χ0) is 14.8. The van der Waals surface area contributed by atoms with Crippen molar-refractivity contribution in [2.75, 3.05) is 10.6 Å². The van der Waals surface area contributed by atoms with E-state index in [1.165, 1.54) is 4.88 Å². The molecule has 1 aliphatic rings. The molecule has 110 valence electrons. The topological polar surface area (TPSA) is 41.1 Å². The zero-order valence-corrected chi connectivity index (χ0v) is 14.1. The number of thiophene rings is 1. The molecule has 1 unspecified atom stereocenters. The van der Waals surface area contributed by atoms with E-state index in [-0.39, 0.29) is 17.9 Å². The summed E-state index contributed by atoms with van der Waals surface area (Å²) in [6, 6.07) is 12.3. The van der Waals surface area contributed by atoms with Crippen molar-refractivity contribution in [2.24, 2.45) is 5.92 Å². The van der Waals surface area contributed by atoms with Crippen LogP contribution in [0.25, 0.3) is 0 Å². The van der Waals surface area contributed by atoms with Crippen molar-refractivity contribution in [2.45, 2.75) is 25.8 Å². The highest BCUT2D eigenvalue weighted by molar-refractivity contribution is 9.11. The Hall–Kier alpha value is -1.33. The number of rotatable bonds is 5. The number of amides is 1. The summed E-state index contributed by atoms with van der Waals surface area (Å²) in [4.78, 5) is 13.0. The highest BCUT2D eigenvalue weighted by Crippen LogP contribution is 2.31. The first-order valence-corrected chi connectivity index (χ1v) is 8.65. The fourth-order valence-corrected chi connectivity index (χ4v) is 3.55. The molecule has 2 N–H and O–H groups in total. The van der Waals surface area contributed by atoms with Gasteiger partial charge >= 0.3 is 0 Å². The summed E-state index contributed by atoms with van der Waals surface area (Å²) in [5, 5.41) is 6.41. The van der Waals surface area contributed by atoms with Gasteiger partial charge in [-0.3, -0.25) is 4.79 Å². The standard InChI is InChI=1S/C16H17BrN2OS/c1-10(14-8-9-15(17)21-14)18-12-4-6-13(7-5-12)19-16(20)11-2-3-11/h4-11,18H,2-3H2,1H3,(H,19,20). The predicted molar refractivity (Wildman–Crippen MR) is 91.9 cm³/mol. The summed E-state index contributed by atoms with van der Waals surface area (Å²) in [5.41, 5.74) is 1.92. The van der Waals surface area contributed by atoms with Gasteiger partial charge in [-0.15, -0.1) is 11.3 Å². The van der Waals surface area contributed by atoms with Crippen LogP contribution in [-0.2, 0) is 4.79 Å². The third kappa shape index (κ3) is 3.86. The number of carbonyl (C=O) groups excluding carboxylic acids is 1. The SMILES string of the molecule is CC(Nc1ccc(NC(=O)C2CC2)cc1)c1ccc(Br)s1. The minimum atomic E-state index is 0.146. The summed E-state index contributed by atoms with van der Waals surface area (Å²) >= 11 is 5.22. The van der Waals surface area contributed by atoms with Gasteiger partial charge in [0.15, 0.2) is 0 Å². The van der Waals surface area contributed by atoms with Gasteiger partial charge in [-0.2, -0.15) is 0 Å². The normalized spacial score (nSPS) is 15.5. The van der Waals surface area contributed by atoms with Crippen molar-refractivity contribution in [1.29, 1.82) is 0 Å². The molecule has 3 rings (SSSR count). The lowest BCUT2D eigenvalue weighted by Crippen LogP contribution is -2.13. The summed E-state index contributed by atoms with van der Waals surface area (Å²) < 4.78 is 1.14. The molecule has 0 spiro atoms. The quantitative estimate of drug-likeness (QED) is 0.780. The van der Waals surface area contributed by atoms with Crippen LogP contribution in [0.15, 0.2) is 40.2 Å². The van der Waals surface area contributed by atoms with Gasteiger partial charge in [0.25, 0.3) is 0 Å². The maximum Gasteiger partial charge on any atom is 0.227 e. The first kappa shape index (κ1) is 14.6. The molecule has 5 heteroatoms. The molecule has 1 aromatic heterocycles. The molecule has 21 heavy (non-hydrogen) atoms. The number of hydrogen-bond acceptors (Lipinski definition) is 3. The van der Waals surface area contributed by atoms with Crippen LogP contribution < -0.4 is 10.6 Å². The van der Waals surface area contributed by atoms with E-state index >= 15 is 0 Å². The first-order valence-electron chi connectivity index (χ1n) is 7.04. The average molecular weight is 365 g/mol. The third-order valence-corrected chi connectivity index (χ3v) is 5.31. The molecular formula is C16H17BrN2OS. The van der Waals surface area contributed by atoms with Crippen LogP contribution in [0.5, 0.6) is 0 Å². The van der Waals surface area contributed by atoms with Gasteiger partial charge in [-0.1, -0.05) is 0 Å². The molecule has 3 nitrogen and oxygen atoms in total. The summed E-state index contributed by atoms with van der Waals surface area (Å²) in [6.45, 7) is 2.14. The van der Waals surface area contributed by atoms with E-state index in [0.29, 0.717) is 0 Å². The maximum atomic E-state index is 11.7. The number of halogens is 1. The van der Waals surface area contributed by atoms with E-state index in [2.05, 4.69) is 45.6 Å². The first-order chi connectivity index (χ1) is 10.1. The second-order valence-electron chi connectivity index (χ2n) is 5.35. The Morgan fingerprint density at radius 3 is 2.43 bits per heavy atom. The number of nitrogens with one attached hydrogen (secondary N) is 2. The largest absolute Gasteiger partial charge is 0.378 e. The Morgan fingerprint density at radius 2 is 1.86 bits per heavy atom. The third-order valence-electron chi connectivity index (χ3n) is 3.50. The average Bonchev–Trinajstić information content (AvgIpc) is 3.23. The summed E-state index contributed by atoms with van der Waals surface area (Å²) in [6.07, 6.45) is 2.05. The van der Waals surface area contributed by atoms with Gasteiger partial charge in [-0.05, 0) is 72.1 Å². The van der Waals surface area contributed by atoms with Crippen LogP contribution in [0.3, 0.4) is 0 Å². The lowest BCUT2D eigenvalue weighted by Gasteiger charge is -2.14. The van der Waals surface area contributed by atoms with Gasteiger partial charge in [0, 0.05) is 22.2 Å². The van der Waals surface area contributed by atoms with Crippen molar-refractivity contribution in [3.8, 4) is 0 Å². The molecule has 0 aliphatic heterocycles. The Bertz CT molecular complexity index is 634. The fourth-order valence-electron chi connectivity index (χ4n) is 2.12. The number of benzene rings is 1. The highest BCUT2D eigenvalue weighted by Gasteiger charge is 2.29. The van der Waals surface area contributed by atoms with Crippen LogP contribution in [-0.4, -0.2) is 5.91 Å². The minimum absolute atomic E-state index is 0.146. The van der Waals surface area contributed by atoms with Crippen LogP contribution in [0.2, 0.25) is 0 Å². The molecule has 1 aliphatic carbocycles. The lowest BCUT2D eigenvalue weighted by atomic mass is 10.2. The Kier molecular flexibility index (Phi) is 4.31. The van der Waals surface area contributed by atoms with Crippen molar-refractivity contribution >= 4 is 44.5 Å². The molecule has 1 atom stereocenters. The molecule has 2 aromatic rings. The van der Waals surface area contributed by atoms with E-state index in [1.54, 1.807) is 11.3 Å². The summed E-state index contributed by atoms with van der Waals surface area (Å²) in [5.74, 6) is 0.382. The van der Waals surface area contributed by atoms with E-state index in [0.717, 1.165) is 28.0 Å². The second kappa shape index (κ2) is 6.20. The van der Waals surface area contributed by atoms with Crippen molar-refractivity contribution in [3.05, 3.63) is 45.1 Å². The fraction of sp³-hybridized carbons (Fsp3) is 0.312. The van der Waals surface area contributed by atoms with E-state index in [1.807, 2.05) is 24.3 Å². The molecule has 0 bridgehead atoms. The van der Waals surface area contributed by atoms with Crippen LogP contribution in [0, 0.1) is 5.92 Å². The summed E-state index contributed by atoms with van der Waals surface area (Å²) in [7, 11) is 0. The molecule has 1 fully saturated rings. The molecule has 1 aromatic carbocycles. The van der Waals surface area contributed by atoms with Crippen LogP contribution in [0.4, 0.5) is 11.4 Å². The monoisotopic (exact) mass is 364 g/mol. The van der Waals surface area contributed by atoms with Gasteiger partial charge in [-0.25, -0.2) is 0 Å². The van der Waals surface area contributed by atoms with Crippen molar-refractivity contribution in [3.63, 3.8) is 0 Å². The Morgan fingerprint density at radius 1 is 1.19 bits per heavy atom. The van der Waals surface area contributed by atoms with Crippen LogP contribution in [0.1, 0.15) is 30.7 Å². The lowest BCUT2D eigenvalue weighted by molar-refractivity contribution is -0.117. The molecule has 1 heterocycles. The minimum Gasteiger partial charge on any atom is -0.378 e. The van der Waals surface area contributed by atoms with E-state index < -0.39 is 0 Å². The number of carbonyl (C=O) groups is 1.